The fraction of sp³-hybridized carbons (Fsp3) is 0.211. The van der Waals surface area contributed by atoms with Gasteiger partial charge in [0.15, 0.2) is 0 Å². The molecule has 2 heterocycles. The molecule has 0 spiro atoms. The van der Waals surface area contributed by atoms with Crippen LogP contribution in [0.25, 0.3) is 22.4 Å². The van der Waals surface area contributed by atoms with Crippen LogP contribution in [0.1, 0.15) is 24.7 Å². The molecule has 0 atom stereocenters. The summed E-state index contributed by atoms with van der Waals surface area (Å²) in [4.78, 5) is 12.2. The minimum absolute atomic E-state index is 0.0404. The van der Waals surface area contributed by atoms with Crippen LogP contribution in [0.15, 0.2) is 36.4 Å². The van der Waals surface area contributed by atoms with Crippen LogP contribution in [0.3, 0.4) is 0 Å². The van der Waals surface area contributed by atoms with E-state index >= 15 is 0 Å². The highest BCUT2D eigenvalue weighted by Gasteiger charge is 2.21. The van der Waals surface area contributed by atoms with Gasteiger partial charge < -0.3 is 10.5 Å². The van der Waals surface area contributed by atoms with E-state index in [0.29, 0.717) is 28.1 Å². The fourth-order valence-electron chi connectivity index (χ4n) is 2.73. The van der Waals surface area contributed by atoms with Gasteiger partial charge in [-0.3, -0.25) is 4.98 Å². The number of alkyl halides is 2. The number of aromatic nitrogens is 3. The Kier molecular flexibility index (Phi) is 5.25. The molecule has 3 rings (SSSR count). The van der Waals surface area contributed by atoms with E-state index in [4.69, 9.17) is 10.5 Å². The molecular formula is C19H17F3N4O. The maximum atomic E-state index is 13.3. The first-order valence-corrected chi connectivity index (χ1v) is 8.22. The standard InChI is InChI=1S/C19H17F3N4O/c1-3-27-18-15(12-8-10(2)24-14(9-12)17(21)22)16(25-19(23)26-18)11-4-6-13(20)7-5-11/h4-9,17H,3H2,1-2H3,(H2,23,25,26). The number of ether oxygens (including phenoxy) is 1. The molecule has 5 nitrogen and oxygen atoms in total. The molecule has 3 aromatic rings. The number of nitrogens with zero attached hydrogens (tertiary/aromatic N) is 3. The Hall–Kier alpha value is -3.16. The Morgan fingerprint density at radius 2 is 1.74 bits per heavy atom. The maximum Gasteiger partial charge on any atom is 0.280 e. The lowest BCUT2D eigenvalue weighted by atomic mass is 9.99. The summed E-state index contributed by atoms with van der Waals surface area (Å²) in [6.07, 6.45) is -2.73. The molecular weight excluding hydrogens is 357 g/mol. The second kappa shape index (κ2) is 7.61. The zero-order chi connectivity index (χ0) is 19.6. The summed E-state index contributed by atoms with van der Waals surface area (Å²) in [6, 6.07) is 8.51. The third-order valence-corrected chi connectivity index (χ3v) is 3.78. The van der Waals surface area contributed by atoms with Gasteiger partial charge in [0, 0.05) is 11.3 Å². The van der Waals surface area contributed by atoms with E-state index in [9.17, 15) is 13.2 Å². The lowest BCUT2D eigenvalue weighted by Crippen LogP contribution is -2.06. The van der Waals surface area contributed by atoms with Crippen LogP contribution in [0.5, 0.6) is 5.88 Å². The van der Waals surface area contributed by atoms with Crippen LogP contribution in [0.4, 0.5) is 19.1 Å². The summed E-state index contributed by atoms with van der Waals surface area (Å²) < 4.78 is 45.4. The Balaban J connectivity index is 2.31. The first-order chi connectivity index (χ1) is 12.9. The number of hydrogen-bond acceptors (Lipinski definition) is 5. The van der Waals surface area contributed by atoms with Crippen molar-refractivity contribution in [3.05, 3.63) is 53.6 Å². The molecule has 140 valence electrons. The Bertz CT molecular complexity index is 962. The summed E-state index contributed by atoms with van der Waals surface area (Å²) in [5, 5.41) is 0. The molecule has 8 heteroatoms. The van der Waals surface area contributed by atoms with Crippen molar-refractivity contribution in [2.24, 2.45) is 0 Å². The van der Waals surface area contributed by atoms with Gasteiger partial charge in [0.25, 0.3) is 6.43 Å². The van der Waals surface area contributed by atoms with Gasteiger partial charge in [0.05, 0.1) is 17.9 Å². The summed E-state index contributed by atoms with van der Waals surface area (Å²) in [5.41, 5.74) is 7.57. The molecule has 1 aromatic carbocycles. The Labute approximate surface area is 154 Å². The van der Waals surface area contributed by atoms with E-state index < -0.39 is 12.2 Å². The van der Waals surface area contributed by atoms with Gasteiger partial charge in [-0.25, -0.2) is 18.2 Å². The molecule has 0 aliphatic heterocycles. The average molecular weight is 374 g/mol. The van der Waals surface area contributed by atoms with E-state index in [2.05, 4.69) is 15.0 Å². The summed E-state index contributed by atoms with van der Waals surface area (Å²) in [6.45, 7) is 3.67. The van der Waals surface area contributed by atoms with Crippen LogP contribution in [-0.2, 0) is 0 Å². The van der Waals surface area contributed by atoms with E-state index in [1.165, 1.54) is 30.3 Å². The van der Waals surface area contributed by atoms with Gasteiger partial charge in [0.2, 0.25) is 11.8 Å². The highest BCUT2D eigenvalue weighted by atomic mass is 19.3. The maximum absolute atomic E-state index is 13.3. The summed E-state index contributed by atoms with van der Waals surface area (Å²) >= 11 is 0. The number of anilines is 1. The first kappa shape index (κ1) is 18.6. The topological polar surface area (TPSA) is 73.9 Å². The lowest BCUT2D eigenvalue weighted by molar-refractivity contribution is 0.146. The first-order valence-electron chi connectivity index (χ1n) is 8.22. The van der Waals surface area contributed by atoms with Crippen molar-refractivity contribution < 1.29 is 17.9 Å². The fourth-order valence-corrected chi connectivity index (χ4v) is 2.73. The number of hydrogen-bond donors (Lipinski definition) is 1. The van der Waals surface area contributed by atoms with E-state index in [0.717, 1.165) is 0 Å². The molecule has 0 bridgehead atoms. The van der Waals surface area contributed by atoms with Gasteiger partial charge in [-0.1, -0.05) is 0 Å². The van der Waals surface area contributed by atoms with Gasteiger partial charge in [-0.2, -0.15) is 4.98 Å². The van der Waals surface area contributed by atoms with Crippen molar-refractivity contribution in [1.29, 1.82) is 0 Å². The number of aryl methyl sites for hydroxylation is 1. The van der Waals surface area contributed by atoms with Crippen molar-refractivity contribution >= 4 is 5.95 Å². The molecule has 0 amide bonds. The van der Waals surface area contributed by atoms with E-state index in [1.54, 1.807) is 19.9 Å². The number of benzene rings is 1. The minimum Gasteiger partial charge on any atom is -0.477 e. The van der Waals surface area contributed by atoms with E-state index in [-0.39, 0.29) is 24.1 Å². The molecule has 0 radical (unpaired) electrons. The number of rotatable bonds is 5. The van der Waals surface area contributed by atoms with Crippen LogP contribution >= 0.6 is 0 Å². The predicted molar refractivity (Wildman–Crippen MR) is 95.9 cm³/mol. The Morgan fingerprint density at radius 1 is 1.04 bits per heavy atom. The summed E-state index contributed by atoms with van der Waals surface area (Å²) in [5.74, 6) is -0.288. The smallest absolute Gasteiger partial charge is 0.280 e. The number of nitrogens with two attached hydrogens (primary N) is 1. The van der Waals surface area contributed by atoms with Crippen molar-refractivity contribution in [2.75, 3.05) is 12.3 Å². The molecule has 0 aliphatic carbocycles. The van der Waals surface area contributed by atoms with Crippen LogP contribution in [0.2, 0.25) is 0 Å². The summed E-state index contributed by atoms with van der Waals surface area (Å²) in [7, 11) is 0. The van der Waals surface area contributed by atoms with Crippen molar-refractivity contribution in [2.45, 2.75) is 20.3 Å². The molecule has 0 aliphatic rings. The van der Waals surface area contributed by atoms with Gasteiger partial charge >= 0.3 is 0 Å². The quantitative estimate of drug-likeness (QED) is 0.708. The molecule has 0 unspecified atom stereocenters. The number of nitrogen functional groups attached to an aromatic ring is 1. The third kappa shape index (κ3) is 3.99. The number of pyridine rings is 1. The third-order valence-electron chi connectivity index (χ3n) is 3.78. The molecule has 2 aromatic heterocycles. The van der Waals surface area contributed by atoms with Gasteiger partial charge in [-0.15, -0.1) is 0 Å². The lowest BCUT2D eigenvalue weighted by Gasteiger charge is -2.16. The van der Waals surface area contributed by atoms with Crippen molar-refractivity contribution in [3.63, 3.8) is 0 Å². The molecule has 0 fully saturated rings. The highest BCUT2D eigenvalue weighted by molar-refractivity contribution is 5.85. The second-order valence-electron chi connectivity index (χ2n) is 5.77. The zero-order valence-electron chi connectivity index (χ0n) is 14.7. The zero-order valence-corrected chi connectivity index (χ0v) is 14.7. The SMILES string of the molecule is CCOc1nc(N)nc(-c2ccc(F)cc2)c1-c1cc(C)nc(C(F)F)c1. The molecule has 2 N–H and O–H groups in total. The molecule has 0 saturated heterocycles. The minimum atomic E-state index is -2.73. The predicted octanol–water partition coefficient (Wildman–Crippen LogP) is 4.57. The monoisotopic (exact) mass is 374 g/mol. The molecule has 0 saturated carbocycles. The Morgan fingerprint density at radius 3 is 2.37 bits per heavy atom. The highest BCUT2D eigenvalue weighted by Crippen LogP contribution is 2.38. The van der Waals surface area contributed by atoms with Crippen LogP contribution in [0, 0.1) is 12.7 Å². The van der Waals surface area contributed by atoms with Gasteiger partial charge in [0.1, 0.15) is 11.5 Å². The normalized spacial score (nSPS) is 11.0. The van der Waals surface area contributed by atoms with Gasteiger partial charge in [-0.05, 0) is 55.8 Å². The van der Waals surface area contributed by atoms with Crippen molar-refractivity contribution in [3.8, 4) is 28.3 Å². The molecule has 27 heavy (non-hydrogen) atoms. The van der Waals surface area contributed by atoms with E-state index in [1.807, 2.05) is 0 Å². The largest absolute Gasteiger partial charge is 0.477 e. The average Bonchev–Trinajstić information content (AvgIpc) is 2.61. The number of halogens is 3. The van der Waals surface area contributed by atoms with Crippen molar-refractivity contribution in [1.82, 2.24) is 15.0 Å². The van der Waals surface area contributed by atoms with Crippen LogP contribution in [-0.4, -0.2) is 21.6 Å². The second-order valence-corrected chi connectivity index (χ2v) is 5.77. The van der Waals surface area contributed by atoms with Crippen LogP contribution < -0.4 is 10.5 Å².